The number of carbonyl (C=O) groups is 1. The Kier molecular flexibility index (Phi) is 6.95. The second-order valence-corrected chi connectivity index (χ2v) is 6.36. The van der Waals surface area contributed by atoms with Gasteiger partial charge in [-0.25, -0.2) is 0 Å². The molecule has 0 saturated carbocycles. The van der Waals surface area contributed by atoms with Crippen LogP contribution in [0.25, 0.3) is 0 Å². The van der Waals surface area contributed by atoms with Crippen LogP contribution in [-0.2, 0) is 0 Å². The largest absolute Gasteiger partial charge is 0.494 e. The predicted octanol–water partition coefficient (Wildman–Crippen LogP) is 4.61. The summed E-state index contributed by atoms with van der Waals surface area (Å²) in [6.45, 7) is 6.83. The fourth-order valence-corrected chi connectivity index (χ4v) is 2.52. The number of rotatable bonds is 6. The molecule has 0 spiro atoms. The van der Waals surface area contributed by atoms with E-state index in [9.17, 15) is 4.79 Å². The quantitative estimate of drug-likeness (QED) is 0.586. The van der Waals surface area contributed by atoms with E-state index in [1.807, 2.05) is 26.0 Å². The van der Waals surface area contributed by atoms with E-state index < -0.39 is 0 Å². The number of anilines is 1. The highest BCUT2D eigenvalue weighted by Crippen LogP contribution is 2.16. The summed E-state index contributed by atoms with van der Waals surface area (Å²) in [7, 11) is 0. The van der Waals surface area contributed by atoms with Crippen LogP contribution in [0.5, 0.6) is 5.75 Å². The number of carbonyl (C=O) groups excluding carboxylic acids is 1. The second-order valence-electron chi connectivity index (χ2n) is 5.95. The minimum atomic E-state index is -0.248. The summed E-state index contributed by atoms with van der Waals surface area (Å²) in [4.78, 5) is 12.3. The summed E-state index contributed by atoms with van der Waals surface area (Å²) < 4.78 is 5.59. The maximum atomic E-state index is 12.3. The van der Waals surface area contributed by atoms with Gasteiger partial charge in [0.15, 0.2) is 5.11 Å². The molecule has 132 valence electrons. The van der Waals surface area contributed by atoms with Gasteiger partial charge in [0.25, 0.3) is 5.91 Å². The van der Waals surface area contributed by atoms with E-state index in [2.05, 4.69) is 23.6 Å². The number of unbranched alkanes of at least 4 members (excludes halogenated alkanes) is 1. The molecule has 0 aliphatic rings. The van der Waals surface area contributed by atoms with Crippen molar-refractivity contribution >= 4 is 28.9 Å². The zero-order valence-electron chi connectivity index (χ0n) is 14.9. The van der Waals surface area contributed by atoms with Crippen molar-refractivity contribution in [1.29, 1.82) is 0 Å². The highest BCUT2D eigenvalue weighted by molar-refractivity contribution is 7.80. The third-order valence-corrected chi connectivity index (χ3v) is 3.94. The van der Waals surface area contributed by atoms with Gasteiger partial charge in [0.05, 0.1) is 6.61 Å². The molecule has 4 nitrogen and oxygen atoms in total. The van der Waals surface area contributed by atoms with Gasteiger partial charge in [-0.1, -0.05) is 31.0 Å². The topological polar surface area (TPSA) is 50.4 Å². The van der Waals surface area contributed by atoms with Crippen LogP contribution in [0.2, 0.25) is 0 Å². The fraction of sp³-hybridized carbons (Fsp3) is 0.300. The van der Waals surface area contributed by atoms with Crippen LogP contribution in [0.4, 0.5) is 5.69 Å². The Hall–Kier alpha value is -2.40. The number of nitrogens with one attached hydrogen (secondary N) is 2. The van der Waals surface area contributed by atoms with Crippen molar-refractivity contribution in [3.05, 3.63) is 59.2 Å². The maximum Gasteiger partial charge on any atom is 0.257 e. The predicted molar refractivity (Wildman–Crippen MR) is 106 cm³/mol. The zero-order chi connectivity index (χ0) is 18.2. The molecule has 0 unspecified atom stereocenters. The normalized spacial score (nSPS) is 10.2. The lowest BCUT2D eigenvalue weighted by atomic mass is 10.1. The molecule has 5 heteroatoms. The van der Waals surface area contributed by atoms with Crippen molar-refractivity contribution in [2.75, 3.05) is 11.9 Å². The van der Waals surface area contributed by atoms with Crippen molar-refractivity contribution in [3.8, 4) is 5.75 Å². The van der Waals surface area contributed by atoms with Gasteiger partial charge in [-0.2, -0.15) is 0 Å². The molecular formula is C20H24N2O2S. The van der Waals surface area contributed by atoms with Gasteiger partial charge in [0.1, 0.15) is 5.75 Å². The minimum absolute atomic E-state index is 0.248. The lowest BCUT2D eigenvalue weighted by Crippen LogP contribution is -2.34. The number of thiocarbonyl (C=S) groups is 1. The number of hydrogen-bond donors (Lipinski definition) is 2. The average molecular weight is 356 g/mol. The smallest absolute Gasteiger partial charge is 0.257 e. The van der Waals surface area contributed by atoms with Gasteiger partial charge in [-0.3, -0.25) is 10.1 Å². The van der Waals surface area contributed by atoms with Crippen LogP contribution in [-0.4, -0.2) is 17.6 Å². The zero-order valence-corrected chi connectivity index (χ0v) is 15.7. The third-order valence-electron chi connectivity index (χ3n) is 3.74. The molecule has 2 aromatic rings. The van der Waals surface area contributed by atoms with Crippen molar-refractivity contribution in [1.82, 2.24) is 5.32 Å². The Balaban J connectivity index is 1.91. The molecule has 0 aliphatic carbocycles. The summed E-state index contributed by atoms with van der Waals surface area (Å²) in [5, 5.41) is 6.04. The monoisotopic (exact) mass is 356 g/mol. The number of ether oxygens (including phenoxy) is 1. The molecule has 2 rings (SSSR count). The minimum Gasteiger partial charge on any atom is -0.494 e. The summed E-state index contributed by atoms with van der Waals surface area (Å²) in [6.07, 6.45) is 2.10. The first-order valence-corrected chi connectivity index (χ1v) is 8.83. The van der Waals surface area contributed by atoms with Gasteiger partial charge in [0.2, 0.25) is 0 Å². The highest BCUT2D eigenvalue weighted by atomic mass is 32.1. The van der Waals surface area contributed by atoms with Crippen LogP contribution in [0.3, 0.4) is 0 Å². The standard InChI is InChI=1S/C20H24N2O2S/c1-4-5-12-24-17-9-7-16(8-10-17)19(23)22-20(25)21-18-11-6-14(2)13-15(18)3/h6-11,13H,4-5,12H2,1-3H3,(H2,21,22,23,25). The molecule has 0 aliphatic heterocycles. The van der Waals surface area contributed by atoms with Gasteiger partial charge >= 0.3 is 0 Å². The van der Waals surface area contributed by atoms with Gasteiger partial charge < -0.3 is 10.1 Å². The molecule has 0 saturated heterocycles. The molecule has 0 radical (unpaired) electrons. The number of amides is 1. The maximum absolute atomic E-state index is 12.3. The van der Waals surface area contributed by atoms with Crippen molar-refractivity contribution in [2.45, 2.75) is 33.6 Å². The molecule has 0 fully saturated rings. The summed E-state index contributed by atoms with van der Waals surface area (Å²) in [6, 6.07) is 13.1. The highest BCUT2D eigenvalue weighted by Gasteiger charge is 2.09. The number of aryl methyl sites for hydroxylation is 2. The summed E-state index contributed by atoms with van der Waals surface area (Å²) in [5.41, 5.74) is 3.67. The molecule has 2 N–H and O–H groups in total. The molecule has 2 aromatic carbocycles. The van der Waals surface area contributed by atoms with E-state index in [0.717, 1.165) is 29.8 Å². The first-order chi connectivity index (χ1) is 12.0. The van der Waals surface area contributed by atoms with E-state index >= 15 is 0 Å². The molecule has 0 atom stereocenters. The van der Waals surface area contributed by atoms with E-state index in [4.69, 9.17) is 17.0 Å². The third kappa shape index (κ3) is 5.87. The molecule has 0 aromatic heterocycles. The lowest BCUT2D eigenvalue weighted by Gasteiger charge is -2.12. The second kappa shape index (κ2) is 9.18. The SMILES string of the molecule is CCCCOc1ccc(C(=O)NC(=S)Nc2ccc(C)cc2C)cc1. The summed E-state index contributed by atoms with van der Waals surface area (Å²) >= 11 is 5.23. The number of hydrogen-bond acceptors (Lipinski definition) is 3. The Morgan fingerprint density at radius 2 is 1.84 bits per heavy atom. The van der Waals surface area contributed by atoms with E-state index in [1.165, 1.54) is 5.56 Å². The Bertz CT molecular complexity index is 742. The Labute approximate surface area is 154 Å². The average Bonchev–Trinajstić information content (AvgIpc) is 2.58. The van der Waals surface area contributed by atoms with E-state index in [0.29, 0.717) is 12.2 Å². The first-order valence-electron chi connectivity index (χ1n) is 8.42. The van der Waals surface area contributed by atoms with Gasteiger partial charge in [0, 0.05) is 11.3 Å². The van der Waals surface area contributed by atoms with Crippen molar-refractivity contribution in [2.24, 2.45) is 0 Å². The van der Waals surface area contributed by atoms with Crippen molar-refractivity contribution < 1.29 is 9.53 Å². The van der Waals surface area contributed by atoms with Crippen LogP contribution < -0.4 is 15.4 Å². The Morgan fingerprint density at radius 3 is 2.48 bits per heavy atom. The molecule has 25 heavy (non-hydrogen) atoms. The van der Waals surface area contributed by atoms with Gasteiger partial charge in [-0.15, -0.1) is 0 Å². The van der Waals surface area contributed by atoms with Crippen LogP contribution in [0.1, 0.15) is 41.3 Å². The fourth-order valence-electron chi connectivity index (χ4n) is 2.32. The molecular weight excluding hydrogens is 332 g/mol. The van der Waals surface area contributed by atoms with E-state index in [1.54, 1.807) is 24.3 Å². The summed E-state index contributed by atoms with van der Waals surface area (Å²) in [5.74, 6) is 0.517. The van der Waals surface area contributed by atoms with Crippen molar-refractivity contribution in [3.63, 3.8) is 0 Å². The molecule has 0 bridgehead atoms. The van der Waals surface area contributed by atoms with Crippen LogP contribution >= 0.6 is 12.2 Å². The lowest BCUT2D eigenvalue weighted by molar-refractivity contribution is 0.0977. The van der Waals surface area contributed by atoms with Gasteiger partial charge in [-0.05, 0) is 68.4 Å². The van der Waals surface area contributed by atoms with E-state index in [-0.39, 0.29) is 11.0 Å². The number of benzene rings is 2. The molecule has 1 amide bonds. The Morgan fingerprint density at radius 1 is 1.12 bits per heavy atom. The van der Waals surface area contributed by atoms with Crippen LogP contribution in [0.15, 0.2) is 42.5 Å². The molecule has 0 heterocycles. The first kappa shape index (κ1) is 18.9. The van der Waals surface area contributed by atoms with Crippen LogP contribution in [0, 0.1) is 13.8 Å².